The van der Waals surface area contributed by atoms with Gasteiger partial charge in [0.15, 0.2) is 0 Å². The maximum absolute atomic E-state index is 7.46. The number of nitrogens with one attached hydrogen (secondary N) is 1. The van der Waals surface area contributed by atoms with E-state index in [1.807, 2.05) is 18.2 Å². The lowest BCUT2D eigenvalue weighted by molar-refractivity contribution is 0.308. The molecule has 1 aromatic rings. The summed E-state index contributed by atoms with van der Waals surface area (Å²) in [6.45, 7) is 0.842. The average Bonchev–Trinajstić information content (AvgIpc) is 3.12. The van der Waals surface area contributed by atoms with E-state index >= 15 is 0 Å². The number of rotatable bonds is 5. The molecule has 0 unspecified atom stereocenters. The number of nitrogen functional groups attached to an aromatic ring is 1. The van der Waals surface area contributed by atoms with Gasteiger partial charge in [-0.25, -0.2) is 0 Å². The summed E-state index contributed by atoms with van der Waals surface area (Å²) in [5.41, 5.74) is 7.35. The van der Waals surface area contributed by atoms with Crippen molar-refractivity contribution in [2.45, 2.75) is 25.4 Å². The van der Waals surface area contributed by atoms with E-state index in [2.05, 4.69) is 11.9 Å². The number of nitrogens with zero attached hydrogens (tertiary/aromatic N) is 1. The van der Waals surface area contributed by atoms with Crippen LogP contribution in [-0.2, 0) is 6.54 Å². The maximum Gasteiger partial charge on any atom is 0.123 e. The SMILES string of the molecule is COc1ccc(C(=N)N)cc1CN(C)C1CC1. The second kappa shape index (κ2) is 4.75. The minimum absolute atomic E-state index is 0.1000. The highest BCUT2D eigenvalue weighted by atomic mass is 16.5. The fourth-order valence-electron chi connectivity index (χ4n) is 1.98. The minimum atomic E-state index is 0.1000. The number of amidine groups is 1. The standard InChI is InChI=1S/C13H19N3O/c1-16(11-4-5-11)8-10-7-9(13(14)15)3-6-12(10)17-2/h3,6-7,11H,4-5,8H2,1-2H3,(H3,14,15). The highest BCUT2D eigenvalue weighted by molar-refractivity contribution is 5.95. The second-order valence-corrected chi connectivity index (χ2v) is 4.59. The molecule has 92 valence electrons. The lowest BCUT2D eigenvalue weighted by Crippen LogP contribution is -2.21. The molecule has 0 aliphatic heterocycles. The lowest BCUT2D eigenvalue weighted by Gasteiger charge is -2.18. The number of benzene rings is 1. The average molecular weight is 233 g/mol. The predicted octanol–water partition coefficient (Wildman–Crippen LogP) is 1.57. The lowest BCUT2D eigenvalue weighted by atomic mass is 10.1. The molecule has 1 fully saturated rings. The second-order valence-electron chi connectivity index (χ2n) is 4.59. The molecular formula is C13H19N3O. The normalized spacial score (nSPS) is 15.0. The molecule has 3 N–H and O–H groups in total. The Labute approximate surface area is 102 Å². The summed E-state index contributed by atoms with van der Waals surface area (Å²) in [6, 6.07) is 6.36. The third kappa shape index (κ3) is 2.77. The van der Waals surface area contributed by atoms with Gasteiger partial charge < -0.3 is 10.5 Å². The summed E-state index contributed by atoms with van der Waals surface area (Å²) in [7, 11) is 3.79. The fraction of sp³-hybridized carbons (Fsp3) is 0.462. The van der Waals surface area contributed by atoms with Gasteiger partial charge in [0.2, 0.25) is 0 Å². The molecule has 0 heterocycles. The van der Waals surface area contributed by atoms with Gasteiger partial charge >= 0.3 is 0 Å². The van der Waals surface area contributed by atoms with Gasteiger partial charge in [0.05, 0.1) is 7.11 Å². The number of hydrogen-bond acceptors (Lipinski definition) is 3. The highest BCUT2D eigenvalue weighted by Crippen LogP contribution is 2.29. The smallest absolute Gasteiger partial charge is 0.123 e. The van der Waals surface area contributed by atoms with Gasteiger partial charge in [0.25, 0.3) is 0 Å². The summed E-state index contributed by atoms with van der Waals surface area (Å²) < 4.78 is 5.34. The van der Waals surface area contributed by atoms with Crippen molar-refractivity contribution >= 4 is 5.84 Å². The predicted molar refractivity (Wildman–Crippen MR) is 68.5 cm³/mol. The van der Waals surface area contributed by atoms with E-state index in [1.165, 1.54) is 12.8 Å². The Morgan fingerprint density at radius 2 is 2.24 bits per heavy atom. The third-order valence-electron chi connectivity index (χ3n) is 3.18. The molecule has 0 atom stereocenters. The molecule has 1 aliphatic rings. The maximum atomic E-state index is 7.46. The van der Waals surface area contributed by atoms with Gasteiger partial charge in [-0.1, -0.05) is 0 Å². The van der Waals surface area contributed by atoms with Crippen LogP contribution in [0, 0.1) is 5.41 Å². The first-order chi connectivity index (χ1) is 8.11. The number of nitrogens with two attached hydrogens (primary N) is 1. The van der Waals surface area contributed by atoms with E-state index in [4.69, 9.17) is 15.9 Å². The van der Waals surface area contributed by atoms with Gasteiger partial charge in [-0.15, -0.1) is 0 Å². The third-order valence-corrected chi connectivity index (χ3v) is 3.18. The number of methoxy groups -OCH3 is 1. The van der Waals surface area contributed by atoms with E-state index < -0.39 is 0 Å². The quantitative estimate of drug-likeness (QED) is 0.599. The molecule has 1 aliphatic carbocycles. The van der Waals surface area contributed by atoms with Crippen LogP contribution in [0.15, 0.2) is 18.2 Å². The highest BCUT2D eigenvalue weighted by Gasteiger charge is 2.26. The number of hydrogen-bond donors (Lipinski definition) is 2. The zero-order valence-electron chi connectivity index (χ0n) is 10.4. The molecule has 1 saturated carbocycles. The monoisotopic (exact) mass is 233 g/mol. The van der Waals surface area contributed by atoms with E-state index in [0.29, 0.717) is 6.04 Å². The zero-order valence-corrected chi connectivity index (χ0v) is 10.4. The first-order valence-electron chi connectivity index (χ1n) is 5.83. The summed E-state index contributed by atoms with van der Waals surface area (Å²) in [5, 5.41) is 7.46. The molecule has 4 heteroatoms. The van der Waals surface area contributed by atoms with Gasteiger partial charge in [0.1, 0.15) is 11.6 Å². The first kappa shape index (κ1) is 11.9. The fourth-order valence-corrected chi connectivity index (χ4v) is 1.98. The minimum Gasteiger partial charge on any atom is -0.496 e. The molecule has 0 bridgehead atoms. The van der Waals surface area contributed by atoms with Crippen molar-refractivity contribution in [1.82, 2.24) is 4.90 Å². The Bertz CT molecular complexity index is 427. The van der Waals surface area contributed by atoms with Crippen LogP contribution in [0.5, 0.6) is 5.75 Å². The van der Waals surface area contributed by atoms with E-state index in [-0.39, 0.29) is 5.84 Å². The van der Waals surface area contributed by atoms with E-state index in [9.17, 15) is 0 Å². The van der Waals surface area contributed by atoms with Crippen molar-refractivity contribution < 1.29 is 4.74 Å². The van der Waals surface area contributed by atoms with Gasteiger partial charge in [-0.3, -0.25) is 10.3 Å². The summed E-state index contributed by atoms with van der Waals surface area (Å²) in [4.78, 5) is 2.32. The van der Waals surface area contributed by atoms with Crippen LogP contribution in [-0.4, -0.2) is 30.9 Å². The van der Waals surface area contributed by atoms with Gasteiger partial charge in [-0.05, 0) is 38.1 Å². The Morgan fingerprint density at radius 3 is 2.76 bits per heavy atom. The van der Waals surface area contributed by atoms with Crippen LogP contribution >= 0.6 is 0 Å². The molecule has 17 heavy (non-hydrogen) atoms. The van der Waals surface area contributed by atoms with Crippen LogP contribution < -0.4 is 10.5 Å². The van der Waals surface area contributed by atoms with Crippen molar-refractivity contribution in [1.29, 1.82) is 5.41 Å². The van der Waals surface area contributed by atoms with Crippen LogP contribution in [0.2, 0.25) is 0 Å². The van der Waals surface area contributed by atoms with Gasteiger partial charge in [0, 0.05) is 23.7 Å². The summed E-state index contributed by atoms with van der Waals surface area (Å²) in [6.07, 6.45) is 2.57. The van der Waals surface area contributed by atoms with E-state index in [0.717, 1.165) is 23.4 Å². The van der Waals surface area contributed by atoms with Crippen LogP contribution in [0.3, 0.4) is 0 Å². The Hall–Kier alpha value is -1.55. The van der Waals surface area contributed by atoms with Crippen molar-refractivity contribution in [3.63, 3.8) is 0 Å². The first-order valence-corrected chi connectivity index (χ1v) is 5.83. The Balaban J connectivity index is 2.21. The van der Waals surface area contributed by atoms with E-state index in [1.54, 1.807) is 7.11 Å². The van der Waals surface area contributed by atoms with Crippen LogP contribution in [0.1, 0.15) is 24.0 Å². The largest absolute Gasteiger partial charge is 0.496 e. The zero-order chi connectivity index (χ0) is 12.4. The molecule has 0 radical (unpaired) electrons. The molecule has 2 rings (SSSR count). The van der Waals surface area contributed by atoms with Crippen molar-refractivity contribution in [3.05, 3.63) is 29.3 Å². The van der Waals surface area contributed by atoms with Crippen LogP contribution in [0.25, 0.3) is 0 Å². The topological polar surface area (TPSA) is 62.3 Å². The molecule has 0 aromatic heterocycles. The summed E-state index contributed by atoms with van der Waals surface area (Å²) >= 11 is 0. The Kier molecular flexibility index (Phi) is 3.33. The number of ether oxygens (including phenoxy) is 1. The van der Waals surface area contributed by atoms with Crippen molar-refractivity contribution in [2.75, 3.05) is 14.2 Å². The Morgan fingerprint density at radius 1 is 1.53 bits per heavy atom. The molecule has 1 aromatic carbocycles. The summed E-state index contributed by atoms with van der Waals surface area (Å²) in [5.74, 6) is 0.963. The van der Waals surface area contributed by atoms with Crippen LogP contribution in [0.4, 0.5) is 0 Å². The molecule has 0 spiro atoms. The van der Waals surface area contributed by atoms with Gasteiger partial charge in [-0.2, -0.15) is 0 Å². The molecule has 0 saturated heterocycles. The molecule has 0 amide bonds. The molecular weight excluding hydrogens is 214 g/mol. The van der Waals surface area contributed by atoms with Crippen molar-refractivity contribution in [3.8, 4) is 5.75 Å². The van der Waals surface area contributed by atoms with Crippen molar-refractivity contribution in [2.24, 2.45) is 5.73 Å². The molecule has 4 nitrogen and oxygen atoms in total.